The van der Waals surface area contributed by atoms with E-state index in [1.54, 1.807) is 24.3 Å². The molecule has 0 amide bonds. The van der Waals surface area contributed by atoms with Gasteiger partial charge >= 0.3 is 5.97 Å². The third-order valence-electron chi connectivity index (χ3n) is 3.10. The predicted molar refractivity (Wildman–Crippen MR) is 81.5 cm³/mol. The van der Waals surface area contributed by atoms with E-state index < -0.39 is 5.60 Å². The average Bonchev–Trinajstić information content (AvgIpc) is 2.34. The number of carbonyl (C=O) groups is 1. The van der Waals surface area contributed by atoms with Crippen molar-refractivity contribution in [3.05, 3.63) is 29.8 Å². The zero-order valence-corrected chi connectivity index (χ0v) is 14.1. The molecular weight excluding hydrogens is 288 g/mol. The van der Waals surface area contributed by atoms with Crippen molar-refractivity contribution >= 4 is 11.7 Å². The monoisotopic (exact) mass is 314 g/mol. The molecule has 0 fully saturated rings. The number of anilines is 1. The van der Waals surface area contributed by atoms with Crippen LogP contribution in [0.4, 0.5) is 5.69 Å². The van der Waals surface area contributed by atoms with E-state index in [0.717, 1.165) is 13.1 Å². The Morgan fingerprint density at radius 2 is 1.86 bits per heavy atom. The van der Waals surface area contributed by atoms with Gasteiger partial charge in [-0.25, -0.2) is 4.79 Å². The summed E-state index contributed by atoms with van der Waals surface area (Å²) in [6.45, 7) is 10.1. The molecule has 0 bridgehead atoms. The average molecular weight is 315 g/mol. The number of halogens is 1. The highest BCUT2D eigenvalue weighted by Crippen LogP contribution is 2.13. The fourth-order valence-corrected chi connectivity index (χ4v) is 1.87. The molecular formula is C16H27ClN2O2. The second-order valence-corrected chi connectivity index (χ2v) is 6.24. The fourth-order valence-electron chi connectivity index (χ4n) is 1.87. The number of benzene rings is 1. The minimum Gasteiger partial charge on any atom is -1.00 e. The summed E-state index contributed by atoms with van der Waals surface area (Å²) < 4.78 is 5.56. The summed E-state index contributed by atoms with van der Waals surface area (Å²) in [4.78, 5) is 12.0. The van der Waals surface area contributed by atoms with Crippen molar-refractivity contribution in [3.8, 4) is 0 Å². The van der Waals surface area contributed by atoms with Crippen LogP contribution in [0.2, 0.25) is 0 Å². The molecule has 120 valence electrons. The summed E-state index contributed by atoms with van der Waals surface area (Å²) in [5.41, 5.74) is 6.30. The number of nitrogens with two attached hydrogens (primary N) is 2. The second kappa shape index (κ2) is 8.90. The highest BCUT2D eigenvalue weighted by atomic mass is 35.5. The van der Waals surface area contributed by atoms with E-state index >= 15 is 0 Å². The Morgan fingerprint density at radius 3 is 2.38 bits per heavy atom. The van der Waals surface area contributed by atoms with Crippen molar-refractivity contribution in [2.45, 2.75) is 39.7 Å². The van der Waals surface area contributed by atoms with Crippen LogP contribution >= 0.6 is 0 Å². The van der Waals surface area contributed by atoms with Crippen LogP contribution in [0.5, 0.6) is 0 Å². The van der Waals surface area contributed by atoms with Crippen LogP contribution in [0.25, 0.3) is 0 Å². The smallest absolute Gasteiger partial charge is 0.338 e. The number of hydrogen-bond donors (Lipinski definition) is 2. The molecule has 0 heterocycles. The van der Waals surface area contributed by atoms with Crippen LogP contribution in [-0.4, -0.2) is 24.7 Å². The van der Waals surface area contributed by atoms with Gasteiger partial charge in [-0.3, -0.25) is 0 Å². The lowest BCUT2D eigenvalue weighted by atomic mass is 10.1. The molecule has 4 nitrogen and oxygen atoms in total. The summed E-state index contributed by atoms with van der Waals surface area (Å²) in [5, 5.41) is 2.20. The van der Waals surface area contributed by atoms with Gasteiger partial charge in [0.2, 0.25) is 0 Å². The Morgan fingerprint density at radius 1 is 1.29 bits per heavy atom. The molecule has 0 radical (unpaired) electrons. The summed E-state index contributed by atoms with van der Waals surface area (Å²) in [6.07, 6.45) is 1.17. The molecule has 0 aliphatic heterocycles. The number of esters is 1. The van der Waals surface area contributed by atoms with E-state index in [1.165, 1.54) is 6.42 Å². The Balaban J connectivity index is 0.00000400. The maximum Gasteiger partial charge on any atom is 0.338 e. The number of quaternary nitrogens is 1. The van der Waals surface area contributed by atoms with Crippen molar-refractivity contribution in [1.29, 1.82) is 0 Å². The van der Waals surface area contributed by atoms with Gasteiger partial charge in [-0.05, 0) is 50.5 Å². The van der Waals surface area contributed by atoms with Gasteiger partial charge in [0, 0.05) is 5.69 Å². The van der Waals surface area contributed by atoms with Crippen LogP contribution < -0.4 is 23.5 Å². The minimum atomic E-state index is -0.477. The molecule has 5 heteroatoms. The summed E-state index contributed by atoms with van der Waals surface area (Å²) >= 11 is 0. The number of rotatable bonds is 7. The summed E-state index contributed by atoms with van der Waals surface area (Å²) in [7, 11) is 0. The zero-order valence-electron chi connectivity index (χ0n) is 13.4. The molecule has 1 aromatic rings. The van der Waals surface area contributed by atoms with E-state index in [2.05, 4.69) is 19.2 Å². The zero-order chi connectivity index (χ0) is 15.2. The van der Waals surface area contributed by atoms with Gasteiger partial charge in [-0.15, -0.1) is 0 Å². The van der Waals surface area contributed by atoms with Crippen molar-refractivity contribution in [2.75, 3.05) is 18.8 Å². The first-order chi connectivity index (χ1) is 9.30. The number of nitrogen functional groups attached to an aromatic ring is 1. The lowest BCUT2D eigenvalue weighted by Gasteiger charge is -2.23. The van der Waals surface area contributed by atoms with Crippen LogP contribution in [0.15, 0.2) is 24.3 Å². The first kappa shape index (κ1) is 19.7. The van der Waals surface area contributed by atoms with Crippen LogP contribution in [-0.2, 0) is 4.74 Å². The minimum absolute atomic E-state index is 0. The molecule has 1 rings (SSSR count). The molecule has 0 saturated heterocycles. The molecule has 0 aromatic heterocycles. The van der Waals surface area contributed by atoms with Gasteiger partial charge in [-0.1, -0.05) is 13.8 Å². The van der Waals surface area contributed by atoms with E-state index in [0.29, 0.717) is 17.2 Å². The van der Waals surface area contributed by atoms with Gasteiger partial charge in [-0.2, -0.15) is 0 Å². The molecule has 0 aliphatic rings. The van der Waals surface area contributed by atoms with Crippen molar-refractivity contribution in [3.63, 3.8) is 0 Å². The topological polar surface area (TPSA) is 68.9 Å². The third-order valence-corrected chi connectivity index (χ3v) is 3.10. The molecule has 4 N–H and O–H groups in total. The quantitative estimate of drug-likeness (QED) is 0.378. The molecule has 1 aromatic carbocycles. The summed E-state index contributed by atoms with van der Waals surface area (Å²) in [5.74, 6) is 0.402. The number of ether oxygens (including phenoxy) is 1. The van der Waals surface area contributed by atoms with E-state index in [1.807, 2.05) is 13.8 Å². The Labute approximate surface area is 133 Å². The molecule has 0 aliphatic carbocycles. The van der Waals surface area contributed by atoms with Crippen LogP contribution in [0.3, 0.4) is 0 Å². The van der Waals surface area contributed by atoms with Crippen molar-refractivity contribution in [1.82, 2.24) is 0 Å². The largest absolute Gasteiger partial charge is 1.00 e. The maximum absolute atomic E-state index is 12.0. The molecule has 21 heavy (non-hydrogen) atoms. The van der Waals surface area contributed by atoms with Gasteiger partial charge in [0.1, 0.15) is 6.54 Å². The normalized spacial score (nSPS) is 11.1. The maximum atomic E-state index is 12.0. The predicted octanol–water partition coefficient (Wildman–Crippen LogP) is -1.18. The van der Waals surface area contributed by atoms with E-state index in [-0.39, 0.29) is 18.4 Å². The highest BCUT2D eigenvalue weighted by molar-refractivity contribution is 5.90. The molecule has 0 atom stereocenters. The van der Waals surface area contributed by atoms with Crippen molar-refractivity contribution in [2.24, 2.45) is 5.92 Å². The Hall–Kier alpha value is -1.26. The number of hydrogen-bond acceptors (Lipinski definition) is 3. The molecule has 0 spiro atoms. The highest BCUT2D eigenvalue weighted by Gasteiger charge is 2.25. The van der Waals surface area contributed by atoms with Gasteiger partial charge < -0.3 is 28.2 Å². The van der Waals surface area contributed by atoms with Crippen molar-refractivity contribution < 1.29 is 27.3 Å². The second-order valence-electron chi connectivity index (χ2n) is 6.24. The SMILES string of the molecule is CC(C)CC[NH2+]CC(C)(C)OC(=O)c1ccc(N)cc1.[Cl-]. The standard InChI is InChI=1S/C16H26N2O2.ClH/c1-12(2)9-10-18-11-16(3,4)20-15(19)13-5-7-14(17)8-6-13;/h5-8,12,18H,9-11,17H2,1-4H3;1H. The van der Waals surface area contributed by atoms with Crippen LogP contribution in [0, 0.1) is 5.92 Å². The Bertz CT molecular complexity index is 430. The van der Waals surface area contributed by atoms with E-state index in [9.17, 15) is 4.79 Å². The fraction of sp³-hybridized carbons (Fsp3) is 0.562. The lowest BCUT2D eigenvalue weighted by molar-refractivity contribution is -0.666. The van der Waals surface area contributed by atoms with Gasteiger partial charge in [0.05, 0.1) is 12.1 Å². The lowest BCUT2D eigenvalue weighted by Crippen LogP contribution is -3.00. The first-order valence-electron chi connectivity index (χ1n) is 7.21. The molecule has 0 saturated carbocycles. The van der Waals surface area contributed by atoms with Gasteiger partial charge in [0.15, 0.2) is 5.60 Å². The third kappa shape index (κ3) is 7.93. The Kier molecular flexibility index (Phi) is 8.37. The molecule has 0 unspecified atom stereocenters. The van der Waals surface area contributed by atoms with Crippen LogP contribution in [0.1, 0.15) is 44.5 Å². The van der Waals surface area contributed by atoms with Gasteiger partial charge in [0.25, 0.3) is 0 Å². The van der Waals surface area contributed by atoms with E-state index in [4.69, 9.17) is 10.5 Å². The first-order valence-corrected chi connectivity index (χ1v) is 7.21. The summed E-state index contributed by atoms with van der Waals surface area (Å²) in [6, 6.07) is 6.79. The number of carbonyl (C=O) groups excluding carboxylic acids is 1.